The van der Waals surface area contributed by atoms with Crippen molar-refractivity contribution in [1.29, 1.82) is 0 Å². The van der Waals surface area contributed by atoms with Gasteiger partial charge in [0.05, 0.1) is 5.97 Å². The van der Waals surface area contributed by atoms with Crippen LogP contribution in [0.3, 0.4) is 0 Å². The minimum Gasteiger partial charge on any atom is -0.547 e. The molecule has 0 aromatic carbocycles. The Bertz CT molecular complexity index is 97.1. The van der Waals surface area contributed by atoms with E-state index in [9.17, 15) is 23.1 Å². The van der Waals surface area contributed by atoms with Gasteiger partial charge in [-0.05, 0) is 0 Å². The molecule has 6 heteroatoms. The number of halogens is 3. The summed E-state index contributed by atoms with van der Waals surface area (Å²) in [4.78, 5) is 9.17. The molecule has 0 rings (SSSR count). The van der Waals surface area contributed by atoms with Gasteiger partial charge in [-0.15, -0.1) is 0 Å². The van der Waals surface area contributed by atoms with Gasteiger partial charge in [0.15, 0.2) is 6.17 Å². The number of carboxylic acid groups (broad SMARTS) is 1. The number of carbonyl (C=O) groups excluding carboxylic acids is 1. The molecule has 0 aromatic rings. The van der Waals surface area contributed by atoms with E-state index in [4.69, 9.17) is 0 Å². The smallest absolute Gasteiger partial charge is 0.547 e. The van der Waals surface area contributed by atoms with Crippen molar-refractivity contribution in [3.05, 3.63) is 0 Å². The minimum atomic E-state index is -3.49. The van der Waals surface area contributed by atoms with E-state index in [0.29, 0.717) is 0 Å². The van der Waals surface area contributed by atoms with E-state index >= 15 is 0 Å². The average Bonchev–Trinajstić information content (AvgIpc) is 1.64. The van der Waals surface area contributed by atoms with Crippen molar-refractivity contribution in [1.82, 2.24) is 0 Å². The SMILES string of the molecule is O=C([O-])C(F)C(F)F.[K+]. The average molecular weight is 166 g/mol. The molecule has 0 heterocycles. The second kappa shape index (κ2) is 5.66. The first-order valence-electron chi connectivity index (χ1n) is 1.68. The zero-order valence-corrected chi connectivity index (χ0v) is 7.73. The van der Waals surface area contributed by atoms with E-state index in [1.54, 1.807) is 0 Å². The Balaban J connectivity index is 0. The topological polar surface area (TPSA) is 40.1 Å². The molecule has 0 bridgehead atoms. The number of carboxylic acids is 1. The normalized spacial score (nSPS) is 12.4. The summed E-state index contributed by atoms with van der Waals surface area (Å²) in [7, 11) is 0. The van der Waals surface area contributed by atoms with E-state index < -0.39 is 18.6 Å². The van der Waals surface area contributed by atoms with Crippen LogP contribution in [0.25, 0.3) is 0 Å². The predicted molar refractivity (Wildman–Crippen MR) is 15.9 cm³/mol. The molecule has 48 valence electrons. The van der Waals surface area contributed by atoms with Crippen LogP contribution in [0.1, 0.15) is 0 Å². The van der Waals surface area contributed by atoms with Crippen LogP contribution in [0.15, 0.2) is 0 Å². The fourth-order valence-corrected chi connectivity index (χ4v) is 0.103. The molecule has 0 saturated carbocycles. The summed E-state index contributed by atoms with van der Waals surface area (Å²) in [6.07, 6.45) is -6.64. The second-order valence-corrected chi connectivity index (χ2v) is 1.06. The quantitative estimate of drug-likeness (QED) is 0.397. The van der Waals surface area contributed by atoms with Crippen LogP contribution in [-0.4, -0.2) is 18.6 Å². The molecule has 2 nitrogen and oxygen atoms in total. The van der Waals surface area contributed by atoms with E-state index in [-0.39, 0.29) is 51.4 Å². The standard InChI is InChI=1S/C3H3F3O2.K/c4-1(2(5)6)3(7)8;/h1-2H,(H,7,8);/q;+1/p-1. The van der Waals surface area contributed by atoms with Gasteiger partial charge in [-0.2, -0.15) is 0 Å². The van der Waals surface area contributed by atoms with Crippen LogP contribution in [0.5, 0.6) is 0 Å². The molecule has 0 aliphatic heterocycles. The number of hydrogen-bond donors (Lipinski definition) is 0. The van der Waals surface area contributed by atoms with Crippen LogP contribution < -0.4 is 56.5 Å². The molecule has 0 aliphatic rings. The summed E-state index contributed by atoms with van der Waals surface area (Å²) >= 11 is 0. The van der Waals surface area contributed by atoms with Crippen molar-refractivity contribution in [2.45, 2.75) is 12.6 Å². The Kier molecular flexibility index (Phi) is 7.91. The summed E-state index contributed by atoms with van der Waals surface area (Å²) in [5.41, 5.74) is 0. The number of alkyl halides is 3. The molecule has 0 spiro atoms. The Hall–Kier alpha value is 0.896. The van der Waals surface area contributed by atoms with Crippen molar-refractivity contribution >= 4 is 5.97 Å². The summed E-state index contributed by atoms with van der Waals surface area (Å²) in [6.45, 7) is 0. The van der Waals surface area contributed by atoms with Crippen LogP contribution in [-0.2, 0) is 4.79 Å². The summed E-state index contributed by atoms with van der Waals surface area (Å²) in [6, 6.07) is 0. The Morgan fingerprint density at radius 3 is 1.67 bits per heavy atom. The first kappa shape index (κ1) is 12.6. The molecule has 9 heavy (non-hydrogen) atoms. The zero-order chi connectivity index (χ0) is 6.73. The van der Waals surface area contributed by atoms with E-state index in [1.165, 1.54) is 0 Å². The van der Waals surface area contributed by atoms with E-state index in [1.807, 2.05) is 0 Å². The number of rotatable bonds is 2. The van der Waals surface area contributed by atoms with Crippen LogP contribution >= 0.6 is 0 Å². The third kappa shape index (κ3) is 5.35. The number of carbonyl (C=O) groups is 1. The molecular formula is C3H2F3KO2. The predicted octanol–water partition coefficient (Wildman–Crippen LogP) is -3.66. The molecule has 0 saturated heterocycles. The van der Waals surface area contributed by atoms with Crippen molar-refractivity contribution in [2.24, 2.45) is 0 Å². The van der Waals surface area contributed by atoms with Gasteiger partial charge >= 0.3 is 51.4 Å². The first-order valence-corrected chi connectivity index (χ1v) is 1.68. The summed E-state index contributed by atoms with van der Waals surface area (Å²) in [5.74, 6) is -2.37. The number of aliphatic carboxylic acids is 1. The number of hydrogen-bond acceptors (Lipinski definition) is 2. The Labute approximate surface area is 91.8 Å². The van der Waals surface area contributed by atoms with Gasteiger partial charge in [0.1, 0.15) is 0 Å². The molecule has 0 radical (unpaired) electrons. The molecule has 0 aliphatic carbocycles. The van der Waals surface area contributed by atoms with Gasteiger partial charge in [0.2, 0.25) is 0 Å². The largest absolute Gasteiger partial charge is 1.00 e. The monoisotopic (exact) mass is 166 g/mol. The Morgan fingerprint density at radius 1 is 1.33 bits per heavy atom. The van der Waals surface area contributed by atoms with Gasteiger partial charge in [-0.1, -0.05) is 0 Å². The molecule has 1 atom stereocenters. The summed E-state index contributed by atoms with van der Waals surface area (Å²) in [5, 5.41) is 9.17. The van der Waals surface area contributed by atoms with Gasteiger partial charge in [-0.3, -0.25) is 0 Å². The van der Waals surface area contributed by atoms with E-state index in [2.05, 4.69) is 0 Å². The van der Waals surface area contributed by atoms with Crippen LogP contribution in [0.4, 0.5) is 13.2 Å². The first-order chi connectivity index (χ1) is 3.55. The molecular weight excluding hydrogens is 164 g/mol. The van der Waals surface area contributed by atoms with Crippen molar-refractivity contribution < 1.29 is 74.5 Å². The van der Waals surface area contributed by atoms with Crippen molar-refractivity contribution in [2.75, 3.05) is 0 Å². The maximum absolute atomic E-state index is 11.2. The second-order valence-electron chi connectivity index (χ2n) is 1.06. The van der Waals surface area contributed by atoms with Gasteiger partial charge in [0.25, 0.3) is 6.43 Å². The zero-order valence-electron chi connectivity index (χ0n) is 4.61. The maximum Gasteiger partial charge on any atom is 1.00 e. The molecule has 0 amide bonds. The fraction of sp³-hybridized carbons (Fsp3) is 0.667. The fourth-order valence-electron chi connectivity index (χ4n) is 0.103. The third-order valence-corrected chi connectivity index (χ3v) is 0.446. The molecule has 1 unspecified atom stereocenters. The van der Waals surface area contributed by atoms with Gasteiger partial charge < -0.3 is 9.90 Å². The van der Waals surface area contributed by atoms with Crippen LogP contribution in [0.2, 0.25) is 0 Å². The molecule has 0 aromatic heterocycles. The minimum absolute atomic E-state index is 0. The Morgan fingerprint density at radius 2 is 1.67 bits per heavy atom. The van der Waals surface area contributed by atoms with Gasteiger partial charge in [-0.25, -0.2) is 13.2 Å². The van der Waals surface area contributed by atoms with Crippen LogP contribution in [0, 0.1) is 0 Å². The third-order valence-electron chi connectivity index (χ3n) is 0.446. The maximum atomic E-state index is 11.2. The molecule has 0 N–H and O–H groups in total. The summed E-state index contributed by atoms with van der Waals surface area (Å²) < 4.78 is 33.0. The molecule has 0 fully saturated rings. The van der Waals surface area contributed by atoms with Gasteiger partial charge in [0, 0.05) is 0 Å². The van der Waals surface area contributed by atoms with Crippen molar-refractivity contribution in [3.63, 3.8) is 0 Å². The van der Waals surface area contributed by atoms with Crippen molar-refractivity contribution in [3.8, 4) is 0 Å². The van der Waals surface area contributed by atoms with E-state index in [0.717, 1.165) is 0 Å².